The van der Waals surface area contributed by atoms with Gasteiger partial charge in [-0.1, -0.05) is 0 Å². The molecule has 0 saturated carbocycles. The first-order valence-corrected chi connectivity index (χ1v) is 6.81. The summed E-state index contributed by atoms with van der Waals surface area (Å²) < 4.78 is 5.40. The van der Waals surface area contributed by atoms with Crippen molar-refractivity contribution in [3.63, 3.8) is 0 Å². The lowest BCUT2D eigenvalue weighted by atomic mass is 10.1. The molecule has 110 valence electrons. The Hall–Kier alpha value is -1.26. The number of likely N-dealkylation sites (N-methyl/N-ethyl adjacent to an activating group) is 1. The Morgan fingerprint density at radius 2 is 2.25 bits per heavy atom. The fraction of sp³-hybridized carbons (Fsp3) is 0.417. The Kier molecular flexibility index (Phi) is 6.30. The zero-order valence-electron chi connectivity index (χ0n) is 11.1. The average Bonchev–Trinajstić information content (AvgIpc) is 2.38. The summed E-state index contributed by atoms with van der Waals surface area (Å²) in [6.45, 7) is 0.203. The number of halogens is 1. The van der Waals surface area contributed by atoms with Gasteiger partial charge >= 0.3 is 0 Å². The molecule has 0 aliphatic rings. The second-order valence-corrected chi connectivity index (χ2v) is 5.38. The van der Waals surface area contributed by atoms with E-state index in [4.69, 9.17) is 4.74 Å². The monoisotopic (exact) mass is 394 g/mol. The maximum atomic E-state index is 12.2. The van der Waals surface area contributed by atoms with Crippen molar-refractivity contribution in [1.29, 1.82) is 0 Å². The number of methoxy groups -OCH3 is 1. The van der Waals surface area contributed by atoms with Gasteiger partial charge in [-0.2, -0.15) is 0 Å². The van der Waals surface area contributed by atoms with Crippen LogP contribution in [0.5, 0.6) is 0 Å². The molecule has 0 fully saturated rings. The number of nitrogens with zero attached hydrogens (tertiary/aromatic N) is 2. The molecule has 0 aliphatic heterocycles. The number of aliphatic hydroxyl groups is 1. The summed E-state index contributed by atoms with van der Waals surface area (Å²) in [4.78, 5) is 23.7. The SMILES string of the molecule is COCC(O)CN(C)C(=O)c1cc([N+](=O)[O-])ccc1I. The number of nitro groups is 1. The van der Waals surface area contributed by atoms with Crippen LogP contribution in [0.15, 0.2) is 18.2 Å². The summed E-state index contributed by atoms with van der Waals surface area (Å²) in [6.07, 6.45) is -0.801. The molecule has 1 atom stereocenters. The lowest BCUT2D eigenvalue weighted by molar-refractivity contribution is -0.384. The van der Waals surface area contributed by atoms with Crippen LogP contribution >= 0.6 is 22.6 Å². The summed E-state index contributed by atoms with van der Waals surface area (Å²) in [5, 5.41) is 20.3. The van der Waals surface area contributed by atoms with Gasteiger partial charge in [-0.15, -0.1) is 0 Å². The van der Waals surface area contributed by atoms with Gasteiger partial charge in [-0.3, -0.25) is 14.9 Å². The largest absolute Gasteiger partial charge is 0.389 e. The first-order chi connectivity index (χ1) is 9.36. The fourth-order valence-electron chi connectivity index (χ4n) is 1.64. The molecule has 0 radical (unpaired) electrons. The highest BCUT2D eigenvalue weighted by Gasteiger charge is 2.20. The number of hydrogen-bond donors (Lipinski definition) is 1. The Morgan fingerprint density at radius 3 is 2.80 bits per heavy atom. The van der Waals surface area contributed by atoms with E-state index < -0.39 is 11.0 Å². The molecule has 1 rings (SSSR count). The van der Waals surface area contributed by atoms with E-state index in [-0.39, 0.29) is 30.3 Å². The minimum atomic E-state index is -0.801. The van der Waals surface area contributed by atoms with E-state index in [1.54, 1.807) is 0 Å². The smallest absolute Gasteiger partial charge is 0.270 e. The van der Waals surface area contributed by atoms with E-state index in [9.17, 15) is 20.0 Å². The molecule has 7 nitrogen and oxygen atoms in total. The minimum Gasteiger partial charge on any atom is -0.389 e. The molecule has 1 unspecified atom stereocenters. The van der Waals surface area contributed by atoms with Gasteiger partial charge in [0.25, 0.3) is 11.6 Å². The third kappa shape index (κ3) is 4.39. The lowest BCUT2D eigenvalue weighted by Gasteiger charge is -2.21. The zero-order chi connectivity index (χ0) is 15.3. The van der Waals surface area contributed by atoms with Crippen LogP contribution in [0, 0.1) is 13.7 Å². The van der Waals surface area contributed by atoms with Crippen molar-refractivity contribution in [2.75, 3.05) is 27.3 Å². The number of carbonyl (C=O) groups is 1. The van der Waals surface area contributed by atoms with Gasteiger partial charge in [0, 0.05) is 36.4 Å². The van der Waals surface area contributed by atoms with Crippen LogP contribution in [0.3, 0.4) is 0 Å². The Balaban J connectivity index is 2.90. The number of amides is 1. The van der Waals surface area contributed by atoms with Crippen LogP contribution in [-0.2, 0) is 4.74 Å². The van der Waals surface area contributed by atoms with E-state index in [1.165, 1.54) is 37.3 Å². The van der Waals surface area contributed by atoms with Crippen LogP contribution in [0.4, 0.5) is 5.69 Å². The molecule has 0 heterocycles. The minimum absolute atomic E-state index is 0.0887. The summed E-state index contributed by atoms with van der Waals surface area (Å²) in [5.74, 6) is -0.381. The van der Waals surface area contributed by atoms with E-state index in [2.05, 4.69) is 0 Å². The fourth-order valence-corrected chi connectivity index (χ4v) is 2.21. The summed E-state index contributed by atoms with van der Waals surface area (Å²) >= 11 is 1.94. The normalized spacial score (nSPS) is 12.0. The van der Waals surface area contributed by atoms with Crippen LogP contribution < -0.4 is 0 Å². The predicted molar refractivity (Wildman–Crippen MR) is 80.7 cm³/mol. The quantitative estimate of drug-likeness (QED) is 0.446. The number of nitro benzene ring substituents is 1. The number of hydrogen-bond acceptors (Lipinski definition) is 5. The molecule has 0 aliphatic carbocycles. The van der Waals surface area contributed by atoms with Gasteiger partial charge in [0.15, 0.2) is 0 Å². The van der Waals surface area contributed by atoms with Crippen molar-refractivity contribution in [3.8, 4) is 0 Å². The Morgan fingerprint density at radius 1 is 1.60 bits per heavy atom. The highest BCUT2D eigenvalue weighted by molar-refractivity contribution is 14.1. The Labute approximate surface area is 129 Å². The summed E-state index contributed by atoms with van der Waals surface area (Å²) in [6, 6.07) is 4.10. The molecule has 1 aromatic carbocycles. The second kappa shape index (κ2) is 7.50. The first-order valence-electron chi connectivity index (χ1n) is 5.73. The topological polar surface area (TPSA) is 92.9 Å². The van der Waals surface area contributed by atoms with E-state index in [1.807, 2.05) is 22.6 Å². The maximum Gasteiger partial charge on any atom is 0.270 e. The van der Waals surface area contributed by atoms with Crippen molar-refractivity contribution >= 4 is 34.2 Å². The zero-order valence-corrected chi connectivity index (χ0v) is 13.2. The van der Waals surface area contributed by atoms with Crippen molar-refractivity contribution in [2.24, 2.45) is 0 Å². The van der Waals surface area contributed by atoms with Crippen molar-refractivity contribution < 1.29 is 19.6 Å². The van der Waals surface area contributed by atoms with Gasteiger partial charge in [-0.25, -0.2) is 0 Å². The van der Waals surface area contributed by atoms with Gasteiger partial charge < -0.3 is 14.7 Å². The number of aliphatic hydroxyl groups excluding tert-OH is 1. The number of rotatable bonds is 6. The molecule has 1 amide bonds. The average molecular weight is 394 g/mol. The number of benzene rings is 1. The van der Waals surface area contributed by atoms with Crippen LogP contribution in [0.1, 0.15) is 10.4 Å². The molecular formula is C12H15IN2O5. The van der Waals surface area contributed by atoms with E-state index >= 15 is 0 Å². The molecule has 1 N–H and O–H groups in total. The third-order valence-electron chi connectivity index (χ3n) is 2.58. The number of ether oxygens (including phenoxy) is 1. The Bertz CT molecular complexity index is 509. The van der Waals surface area contributed by atoms with Crippen LogP contribution in [0.25, 0.3) is 0 Å². The maximum absolute atomic E-state index is 12.2. The molecule has 1 aromatic rings. The third-order valence-corrected chi connectivity index (χ3v) is 3.52. The highest BCUT2D eigenvalue weighted by Crippen LogP contribution is 2.20. The molecule has 0 spiro atoms. The molecule has 20 heavy (non-hydrogen) atoms. The van der Waals surface area contributed by atoms with Crippen molar-refractivity contribution in [3.05, 3.63) is 37.4 Å². The second-order valence-electron chi connectivity index (χ2n) is 4.22. The van der Waals surface area contributed by atoms with Gasteiger partial charge in [-0.05, 0) is 28.7 Å². The molecule has 0 aromatic heterocycles. The molecule has 8 heteroatoms. The van der Waals surface area contributed by atoms with Crippen molar-refractivity contribution in [1.82, 2.24) is 4.90 Å². The van der Waals surface area contributed by atoms with E-state index in [0.717, 1.165) is 0 Å². The summed E-state index contributed by atoms with van der Waals surface area (Å²) in [7, 11) is 2.98. The standard InChI is InChI=1S/C12H15IN2O5/c1-14(6-9(16)7-20-2)12(17)10-5-8(15(18)19)3-4-11(10)13/h3-5,9,16H,6-7H2,1-2H3. The van der Waals surface area contributed by atoms with Gasteiger partial charge in [0.1, 0.15) is 0 Å². The van der Waals surface area contributed by atoms with Gasteiger partial charge in [0.2, 0.25) is 0 Å². The number of non-ortho nitro benzene ring substituents is 1. The lowest BCUT2D eigenvalue weighted by Crippen LogP contribution is -2.36. The van der Waals surface area contributed by atoms with Crippen LogP contribution in [-0.4, -0.2) is 54.3 Å². The van der Waals surface area contributed by atoms with E-state index in [0.29, 0.717) is 3.57 Å². The molecule has 0 bridgehead atoms. The molecular weight excluding hydrogens is 379 g/mol. The first kappa shape index (κ1) is 16.8. The van der Waals surface area contributed by atoms with Crippen molar-refractivity contribution in [2.45, 2.75) is 6.10 Å². The predicted octanol–water partition coefficient (Wildman–Crippen LogP) is 1.28. The summed E-state index contributed by atoms with van der Waals surface area (Å²) in [5.41, 5.74) is 0.103. The molecule has 0 saturated heterocycles. The highest BCUT2D eigenvalue weighted by atomic mass is 127. The number of carbonyl (C=O) groups excluding carboxylic acids is 1. The van der Waals surface area contributed by atoms with Gasteiger partial charge in [0.05, 0.1) is 23.2 Å². The van der Waals surface area contributed by atoms with Crippen LogP contribution in [0.2, 0.25) is 0 Å².